The van der Waals surface area contributed by atoms with E-state index in [0.29, 0.717) is 17.8 Å². The highest BCUT2D eigenvalue weighted by Gasteiger charge is 2.27. The molecule has 0 spiro atoms. The zero-order valence-corrected chi connectivity index (χ0v) is 13.6. The van der Waals surface area contributed by atoms with Gasteiger partial charge in [0.1, 0.15) is 6.33 Å². The number of fused-ring (bicyclic) bond motifs is 1. The van der Waals surface area contributed by atoms with Gasteiger partial charge < -0.3 is 19.6 Å². The molecule has 0 radical (unpaired) electrons. The van der Waals surface area contributed by atoms with E-state index in [4.69, 9.17) is 14.7 Å². The Hall–Kier alpha value is -2.84. The number of allylic oxidation sites excluding steroid dienone is 2. The third-order valence-corrected chi connectivity index (χ3v) is 4.32. The Bertz CT molecular complexity index is 711. The summed E-state index contributed by atoms with van der Waals surface area (Å²) in [6, 6.07) is 0. The number of amides is 1. The molecule has 25 heavy (non-hydrogen) atoms. The van der Waals surface area contributed by atoms with Crippen molar-refractivity contribution in [3.8, 4) is 0 Å². The molecular formula is C16H19N3O6. The average Bonchev–Trinajstić information content (AvgIpc) is 3.02. The van der Waals surface area contributed by atoms with Crippen LogP contribution < -0.4 is 4.84 Å². The van der Waals surface area contributed by atoms with Crippen molar-refractivity contribution in [3.05, 3.63) is 29.9 Å². The summed E-state index contributed by atoms with van der Waals surface area (Å²) in [6.07, 6.45) is 7.40. The highest BCUT2D eigenvalue weighted by molar-refractivity contribution is 6.29. The predicted molar refractivity (Wildman–Crippen MR) is 83.4 cm³/mol. The van der Waals surface area contributed by atoms with Crippen LogP contribution in [0.25, 0.3) is 0 Å². The number of nitrogens with zero attached hydrogens (tertiary/aromatic N) is 3. The van der Waals surface area contributed by atoms with Crippen molar-refractivity contribution in [1.29, 1.82) is 0 Å². The summed E-state index contributed by atoms with van der Waals surface area (Å²) in [4.78, 5) is 44.9. The molecule has 0 saturated carbocycles. The first kappa shape index (κ1) is 17.0. The van der Waals surface area contributed by atoms with Gasteiger partial charge in [-0.1, -0.05) is 12.2 Å². The zero-order valence-electron chi connectivity index (χ0n) is 13.6. The van der Waals surface area contributed by atoms with Gasteiger partial charge in [0.25, 0.3) is 0 Å². The highest BCUT2D eigenvalue weighted by atomic mass is 16.7. The summed E-state index contributed by atoms with van der Waals surface area (Å²) in [5.74, 6) is -1.93. The van der Waals surface area contributed by atoms with Crippen LogP contribution in [0.2, 0.25) is 0 Å². The molecule has 9 nitrogen and oxygen atoms in total. The Labute approximate surface area is 143 Å². The third kappa shape index (κ3) is 3.98. The minimum atomic E-state index is -1.12. The SMILES string of the molecule is O=C(OCC1CC=CCC1)C(=O)On1cnc2c1CCN(C(=O)O)C2. The van der Waals surface area contributed by atoms with Crippen molar-refractivity contribution in [3.63, 3.8) is 0 Å². The summed E-state index contributed by atoms with van der Waals surface area (Å²) in [6.45, 7) is 0.577. The molecular weight excluding hydrogens is 330 g/mol. The second kappa shape index (κ2) is 7.37. The van der Waals surface area contributed by atoms with E-state index in [9.17, 15) is 14.4 Å². The summed E-state index contributed by atoms with van der Waals surface area (Å²) in [7, 11) is 0. The van der Waals surface area contributed by atoms with Crippen molar-refractivity contribution in [2.24, 2.45) is 5.92 Å². The van der Waals surface area contributed by atoms with E-state index >= 15 is 0 Å². The molecule has 1 aromatic rings. The van der Waals surface area contributed by atoms with Crippen molar-refractivity contribution < 1.29 is 29.1 Å². The summed E-state index contributed by atoms with van der Waals surface area (Å²) in [5, 5.41) is 9.00. The number of hydrogen-bond acceptors (Lipinski definition) is 6. The number of imidazole rings is 1. The van der Waals surface area contributed by atoms with Crippen LogP contribution in [0.15, 0.2) is 18.5 Å². The molecule has 2 heterocycles. The lowest BCUT2D eigenvalue weighted by Gasteiger charge is -2.23. The molecule has 0 bridgehead atoms. The number of aromatic nitrogens is 2. The van der Waals surface area contributed by atoms with Gasteiger partial charge in [0.15, 0.2) is 0 Å². The van der Waals surface area contributed by atoms with Gasteiger partial charge in [-0.25, -0.2) is 19.4 Å². The maximum absolute atomic E-state index is 11.9. The molecule has 1 aromatic heterocycles. The molecule has 1 N–H and O–H groups in total. The molecule has 1 unspecified atom stereocenters. The van der Waals surface area contributed by atoms with Crippen LogP contribution in [-0.2, 0) is 27.3 Å². The van der Waals surface area contributed by atoms with Crippen molar-refractivity contribution >= 4 is 18.0 Å². The molecule has 134 valence electrons. The van der Waals surface area contributed by atoms with Gasteiger partial charge in [-0.05, 0) is 25.2 Å². The molecule has 1 atom stereocenters. The Kier molecular flexibility index (Phi) is 5.01. The van der Waals surface area contributed by atoms with E-state index in [1.165, 1.54) is 11.2 Å². The van der Waals surface area contributed by atoms with E-state index in [-0.39, 0.29) is 25.6 Å². The van der Waals surface area contributed by atoms with E-state index in [1.54, 1.807) is 0 Å². The maximum Gasteiger partial charge on any atom is 0.442 e. The van der Waals surface area contributed by atoms with Crippen molar-refractivity contribution in [2.45, 2.75) is 32.2 Å². The van der Waals surface area contributed by atoms with Gasteiger partial charge in [0.2, 0.25) is 0 Å². The molecule has 9 heteroatoms. The molecule has 1 aliphatic heterocycles. The molecule has 1 amide bonds. The quantitative estimate of drug-likeness (QED) is 0.487. The van der Waals surface area contributed by atoms with E-state index in [2.05, 4.69) is 11.1 Å². The molecule has 3 rings (SSSR count). The molecule has 0 aromatic carbocycles. The maximum atomic E-state index is 11.9. The summed E-state index contributed by atoms with van der Waals surface area (Å²) in [5.41, 5.74) is 1.08. The number of rotatable bonds is 3. The number of carbonyl (C=O) groups excluding carboxylic acids is 2. The zero-order chi connectivity index (χ0) is 17.8. The standard InChI is InChI=1S/C16H19N3O6/c20-14(24-9-11-4-2-1-3-5-11)15(21)25-19-10-17-12-8-18(16(22)23)7-6-13(12)19/h1-2,10-11H,3-9H2,(H,22,23). The van der Waals surface area contributed by atoms with Crippen LogP contribution in [0.5, 0.6) is 0 Å². The smallest absolute Gasteiger partial charge is 0.442 e. The first-order valence-corrected chi connectivity index (χ1v) is 8.12. The lowest BCUT2D eigenvalue weighted by atomic mass is 9.95. The number of esters is 1. The van der Waals surface area contributed by atoms with Gasteiger partial charge in [0.05, 0.1) is 24.5 Å². The Balaban J connectivity index is 1.54. The lowest BCUT2D eigenvalue weighted by Crippen LogP contribution is -2.37. The summed E-state index contributed by atoms with van der Waals surface area (Å²) >= 11 is 0. The molecule has 2 aliphatic rings. The third-order valence-electron chi connectivity index (χ3n) is 4.32. The predicted octanol–water partition coefficient (Wildman–Crippen LogP) is 0.774. The number of carboxylic acid groups (broad SMARTS) is 1. The topological polar surface area (TPSA) is 111 Å². The monoisotopic (exact) mass is 349 g/mol. The minimum Gasteiger partial charge on any atom is -0.465 e. The summed E-state index contributed by atoms with van der Waals surface area (Å²) < 4.78 is 6.13. The number of ether oxygens (including phenoxy) is 1. The van der Waals surface area contributed by atoms with Gasteiger partial charge in [-0.3, -0.25) is 0 Å². The average molecular weight is 349 g/mol. The Morgan fingerprint density at radius 1 is 1.28 bits per heavy atom. The van der Waals surface area contributed by atoms with E-state index in [1.807, 2.05) is 6.08 Å². The molecule has 0 saturated heterocycles. The van der Waals surface area contributed by atoms with Crippen LogP contribution in [-0.4, -0.2) is 50.9 Å². The molecule has 1 aliphatic carbocycles. The second-order valence-electron chi connectivity index (χ2n) is 6.05. The fraction of sp³-hybridized carbons (Fsp3) is 0.500. The first-order chi connectivity index (χ1) is 12.0. The van der Waals surface area contributed by atoms with Crippen molar-refractivity contribution in [1.82, 2.24) is 14.6 Å². The van der Waals surface area contributed by atoms with Gasteiger partial charge in [-0.2, -0.15) is 4.73 Å². The van der Waals surface area contributed by atoms with Gasteiger partial charge >= 0.3 is 18.0 Å². The number of hydrogen-bond donors (Lipinski definition) is 1. The minimum absolute atomic E-state index is 0.120. The fourth-order valence-corrected chi connectivity index (χ4v) is 2.91. The largest absolute Gasteiger partial charge is 0.465 e. The fourth-order valence-electron chi connectivity index (χ4n) is 2.91. The van der Waals surface area contributed by atoms with Crippen LogP contribution in [0, 0.1) is 5.92 Å². The van der Waals surface area contributed by atoms with Crippen LogP contribution in [0.4, 0.5) is 4.79 Å². The second-order valence-corrected chi connectivity index (χ2v) is 6.05. The lowest BCUT2D eigenvalue weighted by molar-refractivity contribution is -0.169. The van der Waals surface area contributed by atoms with E-state index in [0.717, 1.165) is 24.0 Å². The van der Waals surface area contributed by atoms with Crippen LogP contribution in [0.1, 0.15) is 30.7 Å². The van der Waals surface area contributed by atoms with Crippen molar-refractivity contribution in [2.75, 3.05) is 13.2 Å². The van der Waals surface area contributed by atoms with Gasteiger partial charge in [0, 0.05) is 13.0 Å². The Morgan fingerprint density at radius 3 is 2.84 bits per heavy atom. The van der Waals surface area contributed by atoms with Crippen LogP contribution in [0.3, 0.4) is 0 Å². The normalized spacial score (nSPS) is 19.2. The first-order valence-electron chi connectivity index (χ1n) is 8.12. The van der Waals surface area contributed by atoms with Crippen LogP contribution >= 0.6 is 0 Å². The van der Waals surface area contributed by atoms with E-state index < -0.39 is 18.0 Å². The van der Waals surface area contributed by atoms with Gasteiger partial charge in [-0.15, -0.1) is 0 Å². The Morgan fingerprint density at radius 2 is 2.12 bits per heavy atom. The molecule has 0 fully saturated rings. The highest BCUT2D eigenvalue weighted by Crippen LogP contribution is 2.19. The number of carbonyl (C=O) groups is 3.